The van der Waals surface area contributed by atoms with Crippen molar-refractivity contribution in [2.24, 2.45) is 0 Å². The number of aryl methyl sites for hydroxylation is 1. The normalized spacial score (nSPS) is 16.7. The molecule has 1 aliphatic heterocycles. The van der Waals surface area contributed by atoms with E-state index >= 15 is 0 Å². The first-order valence-electron chi connectivity index (χ1n) is 9.62. The average molecular weight is 400 g/mol. The number of nitrogens with one attached hydrogen (secondary N) is 1. The molecule has 5 nitrogen and oxygen atoms in total. The Morgan fingerprint density at radius 2 is 1.96 bits per heavy atom. The van der Waals surface area contributed by atoms with Gasteiger partial charge in [0.2, 0.25) is 5.91 Å². The van der Waals surface area contributed by atoms with Crippen LogP contribution in [0, 0.1) is 6.92 Å². The maximum atomic E-state index is 12.5. The molecule has 0 spiro atoms. The van der Waals surface area contributed by atoms with Crippen molar-refractivity contribution in [3.05, 3.63) is 47.3 Å². The van der Waals surface area contributed by atoms with Crippen molar-refractivity contribution in [2.75, 3.05) is 11.9 Å². The molecule has 1 aromatic carbocycles. The molecule has 1 aromatic heterocycles. The molecule has 2 aromatic rings. The predicted octanol–water partition coefficient (Wildman–Crippen LogP) is 4.08. The number of benzene rings is 1. The fourth-order valence-corrected chi connectivity index (χ4v) is 4.30. The van der Waals surface area contributed by atoms with Gasteiger partial charge in [-0.25, -0.2) is 0 Å². The van der Waals surface area contributed by atoms with Gasteiger partial charge in [0.1, 0.15) is 4.75 Å². The average Bonchev–Trinajstić information content (AvgIpc) is 2.64. The van der Waals surface area contributed by atoms with Gasteiger partial charge in [-0.3, -0.25) is 9.78 Å². The number of carbonyl (C=O) groups excluding carboxylic acids is 1. The topological polar surface area (TPSA) is 68.3 Å². The molecule has 0 radical (unpaired) electrons. The number of hydrogen-bond acceptors (Lipinski definition) is 4. The van der Waals surface area contributed by atoms with E-state index in [0.717, 1.165) is 34.4 Å². The van der Waals surface area contributed by atoms with Crippen LogP contribution >= 0.6 is 0 Å². The van der Waals surface area contributed by atoms with Crippen LogP contribution in [0.1, 0.15) is 56.8 Å². The zero-order chi connectivity index (χ0) is 20.6. The minimum atomic E-state index is -1.15. The largest absolute Gasteiger partial charge is 0.598 e. The molecule has 0 aliphatic carbocycles. The van der Waals surface area contributed by atoms with Crippen LogP contribution in [0.4, 0.5) is 5.69 Å². The zero-order valence-electron chi connectivity index (χ0n) is 17.5. The molecule has 0 fully saturated rings. The van der Waals surface area contributed by atoms with Crippen molar-refractivity contribution < 1.29 is 9.35 Å². The molecule has 1 N–H and O–H groups in total. The number of aromatic nitrogens is 1. The van der Waals surface area contributed by atoms with E-state index in [1.165, 1.54) is 5.56 Å². The summed E-state index contributed by atoms with van der Waals surface area (Å²) in [6.45, 7) is 9.97. The molecule has 0 bridgehead atoms. The lowest BCUT2D eigenvalue weighted by Crippen LogP contribution is -2.40. The van der Waals surface area contributed by atoms with E-state index in [0.29, 0.717) is 6.42 Å². The number of hydrogen-bond donors (Lipinski definition) is 1. The molecule has 2 atom stereocenters. The molecule has 28 heavy (non-hydrogen) atoms. The first-order valence-corrected chi connectivity index (χ1v) is 10.8. The third-order valence-electron chi connectivity index (χ3n) is 5.29. The summed E-state index contributed by atoms with van der Waals surface area (Å²) in [5.41, 5.74) is 6.50. The van der Waals surface area contributed by atoms with Crippen LogP contribution in [0.5, 0.6) is 0 Å². The number of pyridine rings is 1. The van der Waals surface area contributed by atoms with Crippen LogP contribution in [0.15, 0.2) is 30.6 Å². The highest BCUT2D eigenvalue weighted by Gasteiger charge is 2.29. The molecule has 0 saturated carbocycles. The van der Waals surface area contributed by atoms with Crippen molar-refractivity contribution in [3.8, 4) is 11.1 Å². The minimum Gasteiger partial charge on any atom is -0.598 e. The number of fused-ring (bicyclic) bond motifs is 1. The minimum absolute atomic E-state index is 0.0751. The maximum Gasteiger partial charge on any atom is 0.227 e. The van der Waals surface area contributed by atoms with Gasteiger partial charge in [-0.05, 0) is 75.4 Å². The standard InChI is InChI=1S/C22H29N3O2S/c1-14-18(15(2)24-28(27)22(3,4)5)12-23-13-19(14)16-7-9-20-17(11-16)8-10-21(26)25(20)6/h7,9,11-13,15,24H,8,10H2,1-6H3/t15-,28-/m1/s1. The van der Waals surface area contributed by atoms with Crippen LogP contribution < -0.4 is 9.62 Å². The van der Waals surface area contributed by atoms with Gasteiger partial charge >= 0.3 is 0 Å². The zero-order valence-corrected chi connectivity index (χ0v) is 18.3. The van der Waals surface area contributed by atoms with Gasteiger partial charge in [0.25, 0.3) is 0 Å². The Bertz CT molecular complexity index is 892. The summed E-state index contributed by atoms with van der Waals surface area (Å²) in [5, 5.41) is 0. The van der Waals surface area contributed by atoms with E-state index in [1.54, 1.807) is 4.90 Å². The number of rotatable bonds is 4. The monoisotopic (exact) mass is 399 g/mol. The molecule has 0 unspecified atom stereocenters. The van der Waals surface area contributed by atoms with Crippen LogP contribution in [-0.2, 0) is 22.6 Å². The number of anilines is 1. The Kier molecular flexibility index (Phi) is 5.84. The highest BCUT2D eigenvalue weighted by Crippen LogP contribution is 2.34. The quantitative estimate of drug-likeness (QED) is 0.787. The molecule has 0 saturated heterocycles. The van der Waals surface area contributed by atoms with E-state index in [9.17, 15) is 9.35 Å². The van der Waals surface area contributed by atoms with Crippen molar-refractivity contribution in [2.45, 2.75) is 58.2 Å². The highest BCUT2D eigenvalue weighted by molar-refractivity contribution is 7.90. The summed E-state index contributed by atoms with van der Waals surface area (Å²) in [4.78, 5) is 18.1. The first kappa shape index (κ1) is 20.8. The van der Waals surface area contributed by atoms with Gasteiger partial charge in [-0.15, -0.1) is 4.72 Å². The van der Waals surface area contributed by atoms with Crippen molar-refractivity contribution >= 4 is 23.0 Å². The highest BCUT2D eigenvalue weighted by atomic mass is 32.2. The summed E-state index contributed by atoms with van der Waals surface area (Å²) in [6.07, 6.45) is 5.04. The van der Waals surface area contributed by atoms with E-state index in [-0.39, 0.29) is 16.7 Å². The lowest BCUT2D eigenvalue weighted by molar-refractivity contribution is -0.118. The predicted molar refractivity (Wildman–Crippen MR) is 116 cm³/mol. The molecular weight excluding hydrogens is 370 g/mol. The Hall–Kier alpha value is -1.89. The molecular formula is C22H29N3O2S. The van der Waals surface area contributed by atoms with Crippen LogP contribution in [0.2, 0.25) is 0 Å². The van der Waals surface area contributed by atoms with E-state index in [4.69, 9.17) is 0 Å². The second-order valence-electron chi connectivity index (χ2n) is 8.42. The Labute approximate surface area is 170 Å². The number of carbonyl (C=O) groups is 1. The third-order valence-corrected chi connectivity index (χ3v) is 6.97. The van der Waals surface area contributed by atoms with Crippen molar-refractivity contribution in [1.29, 1.82) is 0 Å². The summed E-state index contributed by atoms with van der Waals surface area (Å²) in [7, 11) is 1.83. The SMILES string of the molecule is Cc1c(-c2ccc3c(c2)CCC(=O)N3C)cncc1[C@@H](C)N[S@+]([O-])C(C)(C)C. The smallest absolute Gasteiger partial charge is 0.227 e. The number of nitrogens with zero attached hydrogens (tertiary/aromatic N) is 2. The molecule has 1 amide bonds. The molecule has 150 valence electrons. The molecule has 2 heterocycles. The van der Waals surface area contributed by atoms with Gasteiger partial charge < -0.3 is 9.45 Å². The lowest BCUT2D eigenvalue weighted by Gasteiger charge is -2.28. The maximum absolute atomic E-state index is 12.5. The summed E-state index contributed by atoms with van der Waals surface area (Å²) < 4.78 is 15.4. The summed E-state index contributed by atoms with van der Waals surface area (Å²) in [6, 6.07) is 6.16. The Morgan fingerprint density at radius 3 is 2.64 bits per heavy atom. The summed E-state index contributed by atoms with van der Waals surface area (Å²) in [5.74, 6) is 0.159. The molecule has 3 rings (SSSR count). The van der Waals surface area contributed by atoms with Gasteiger partial charge in [0.05, 0.1) is 6.04 Å². The van der Waals surface area contributed by atoms with E-state index < -0.39 is 11.4 Å². The lowest BCUT2D eigenvalue weighted by atomic mass is 9.93. The third kappa shape index (κ3) is 4.09. The van der Waals surface area contributed by atoms with Gasteiger partial charge in [0, 0.05) is 48.5 Å². The van der Waals surface area contributed by atoms with Crippen LogP contribution in [0.3, 0.4) is 0 Å². The molecule has 6 heteroatoms. The van der Waals surface area contributed by atoms with Crippen molar-refractivity contribution in [3.63, 3.8) is 0 Å². The van der Waals surface area contributed by atoms with Crippen LogP contribution in [-0.4, -0.2) is 27.2 Å². The Balaban J connectivity index is 1.92. The van der Waals surface area contributed by atoms with Gasteiger partial charge in [-0.2, -0.15) is 0 Å². The van der Waals surface area contributed by atoms with Gasteiger partial charge in [-0.1, -0.05) is 6.07 Å². The van der Waals surface area contributed by atoms with Crippen molar-refractivity contribution in [1.82, 2.24) is 9.71 Å². The van der Waals surface area contributed by atoms with Gasteiger partial charge in [0.15, 0.2) is 0 Å². The first-order chi connectivity index (χ1) is 13.1. The second kappa shape index (κ2) is 7.85. The summed E-state index contributed by atoms with van der Waals surface area (Å²) >= 11 is -1.15. The second-order valence-corrected chi connectivity index (χ2v) is 10.4. The van der Waals surface area contributed by atoms with E-state index in [2.05, 4.69) is 22.7 Å². The Morgan fingerprint density at radius 1 is 1.25 bits per heavy atom. The fraction of sp³-hybridized carbons (Fsp3) is 0.455. The number of amides is 1. The molecule has 1 aliphatic rings. The fourth-order valence-electron chi connectivity index (χ4n) is 3.49. The van der Waals surface area contributed by atoms with Crippen LogP contribution in [0.25, 0.3) is 11.1 Å². The van der Waals surface area contributed by atoms with E-state index in [1.807, 2.05) is 59.3 Å².